The molecule has 0 spiro atoms. The van der Waals surface area contributed by atoms with Crippen LogP contribution in [0.4, 0.5) is 10.7 Å². The van der Waals surface area contributed by atoms with Crippen molar-refractivity contribution in [1.29, 1.82) is 0 Å². The van der Waals surface area contributed by atoms with Crippen molar-refractivity contribution in [2.45, 2.75) is 20.4 Å². The summed E-state index contributed by atoms with van der Waals surface area (Å²) in [6, 6.07) is 1.75. The first-order valence-electron chi connectivity index (χ1n) is 5.50. The molecule has 6 nitrogen and oxygen atoms in total. The summed E-state index contributed by atoms with van der Waals surface area (Å²) in [7, 11) is 0. The number of rotatable bonds is 5. The Kier molecular flexibility index (Phi) is 3.61. The highest BCUT2D eigenvalue weighted by atomic mass is 32.1. The lowest BCUT2D eigenvalue weighted by Crippen LogP contribution is -2.07. The summed E-state index contributed by atoms with van der Waals surface area (Å²) in [6.07, 6.45) is 1.27. The Labute approximate surface area is 108 Å². The minimum Gasteiger partial charge on any atom is -0.397 e. The van der Waals surface area contributed by atoms with E-state index in [0.717, 1.165) is 5.00 Å². The number of carbonyl (C=O) groups excluding carboxylic acids is 1. The van der Waals surface area contributed by atoms with Crippen LogP contribution in [0.5, 0.6) is 0 Å². The summed E-state index contributed by atoms with van der Waals surface area (Å²) in [6.45, 7) is 4.15. The maximum atomic E-state index is 11.9. The Hall–Kier alpha value is -1.89. The van der Waals surface area contributed by atoms with E-state index in [-0.39, 0.29) is 11.7 Å². The van der Waals surface area contributed by atoms with Gasteiger partial charge in [-0.2, -0.15) is 4.98 Å². The summed E-state index contributed by atoms with van der Waals surface area (Å²) in [4.78, 5) is 16.4. The third kappa shape index (κ3) is 2.67. The van der Waals surface area contributed by atoms with E-state index < -0.39 is 0 Å². The molecule has 2 aromatic rings. The van der Waals surface area contributed by atoms with E-state index in [1.54, 1.807) is 6.07 Å². The third-order valence-corrected chi connectivity index (χ3v) is 3.46. The fourth-order valence-corrected chi connectivity index (χ4v) is 2.45. The van der Waals surface area contributed by atoms with Gasteiger partial charge in [-0.05, 0) is 6.07 Å². The number of anilines is 2. The molecule has 7 heteroatoms. The van der Waals surface area contributed by atoms with Crippen LogP contribution in [0.3, 0.4) is 0 Å². The number of nitrogens with two attached hydrogens (primary N) is 1. The molecule has 0 bridgehead atoms. The third-order valence-electron chi connectivity index (χ3n) is 2.34. The molecule has 0 aliphatic carbocycles. The Balaban J connectivity index is 2.07. The standard InChI is InChI=1S/C11H14N4O2S/c1-6(2)10(16)11-7(12)3-9(18-11)13-4-8-14-5-17-15-8/h3,5-6,13H,4,12H2,1-2H3. The van der Waals surface area contributed by atoms with Crippen LogP contribution >= 0.6 is 11.3 Å². The molecule has 18 heavy (non-hydrogen) atoms. The lowest BCUT2D eigenvalue weighted by Gasteiger charge is -2.01. The molecule has 2 rings (SSSR count). The molecular weight excluding hydrogens is 252 g/mol. The van der Waals surface area contributed by atoms with Gasteiger partial charge in [-0.25, -0.2) is 0 Å². The van der Waals surface area contributed by atoms with Crippen molar-refractivity contribution >= 4 is 27.8 Å². The maximum Gasteiger partial charge on any atom is 0.213 e. The number of nitrogens with zero attached hydrogens (tertiary/aromatic N) is 2. The van der Waals surface area contributed by atoms with E-state index in [4.69, 9.17) is 5.73 Å². The molecule has 0 saturated heterocycles. The van der Waals surface area contributed by atoms with Gasteiger partial charge in [-0.1, -0.05) is 19.0 Å². The van der Waals surface area contributed by atoms with Gasteiger partial charge in [0.1, 0.15) is 0 Å². The van der Waals surface area contributed by atoms with Gasteiger partial charge in [-0.15, -0.1) is 11.3 Å². The highest BCUT2D eigenvalue weighted by Crippen LogP contribution is 2.31. The van der Waals surface area contributed by atoms with Crippen LogP contribution < -0.4 is 11.1 Å². The first kappa shape index (κ1) is 12.6. The van der Waals surface area contributed by atoms with E-state index in [1.807, 2.05) is 13.8 Å². The topological polar surface area (TPSA) is 94.0 Å². The zero-order chi connectivity index (χ0) is 13.1. The number of aromatic nitrogens is 2. The minimum absolute atomic E-state index is 0.0593. The van der Waals surface area contributed by atoms with Gasteiger partial charge in [0, 0.05) is 5.92 Å². The number of hydrogen-bond donors (Lipinski definition) is 2. The fourth-order valence-electron chi connectivity index (χ4n) is 1.38. The smallest absolute Gasteiger partial charge is 0.213 e. The summed E-state index contributed by atoms with van der Waals surface area (Å²) >= 11 is 1.35. The Morgan fingerprint density at radius 3 is 3.00 bits per heavy atom. The van der Waals surface area contributed by atoms with E-state index in [0.29, 0.717) is 22.9 Å². The monoisotopic (exact) mass is 266 g/mol. The summed E-state index contributed by atoms with van der Waals surface area (Å²) in [5.41, 5.74) is 6.34. The molecule has 0 saturated carbocycles. The van der Waals surface area contributed by atoms with Gasteiger partial charge in [0.25, 0.3) is 0 Å². The number of hydrogen-bond acceptors (Lipinski definition) is 7. The van der Waals surface area contributed by atoms with E-state index in [1.165, 1.54) is 17.7 Å². The SMILES string of the molecule is CC(C)C(=O)c1sc(NCc2ncon2)cc1N. The molecule has 3 N–H and O–H groups in total. The molecule has 0 atom stereocenters. The normalized spacial score (nSPS) is 10.8. The maximum absolute atomic E-state index is 11.9. The number of nitrogens with one attached hydrogen (secondary N) is 1. The molecule has 0 amide bonds. The highest BCUT2D eigenvalue weighted by molar-refractivity contribution is 7.18. The van der Waals surface area contributed by atoms with Gasteiger partial charge in [-0.3, -0.25) is 4.79 Å². The van der Waals surface area contributed by atoms with Crippen LogP contribution in [-0.4, -0.2) is 15.9 Å². The predicted molar refractivity (Wildman–Crippen MR) is 69.5 cm³/mol. The van der Waals surface area contributed by atoms with Gasteiger partial charge in [0.2, 0.25) is 6.39 Å². The number of ketones is 1. The molecule has 0 fully saturated rings. The van der Waals surface area contributed by atoms with Gasteiger partial charge >= 0.3 is 0 Å². The summed E-state index contributed by atoms with van der Waals surface area (Å²) in [5.74, 6) is 0.555. The molecule has 2 heterocycles. The number of carbonyl (C=O) groups is 1. The molecule has 2 aromatic heterocycles. The lowest BCUT2D eigenvalue weighted by atomic mass is 10.1. The van der Waals surface area contributed by atoms with Crippen molar-refractivity contribution in [1.82, 2.24) is 10.1 Å². The predicted octanol–water partition coefficient (Wildman–Crippen LogP) is 2.16. The van der Waals surface area contributed by atoms with Crippen molar-refractivity contribution in [3.63, 3.8) is 0 Å². The zero-order valence-corrected chi connectivity index (χ0v) is 11.0. The van der Waals surface area contributed by atoms with Crippen molar-refractivity contribution in [3.05, 3.63) is 23.2 Å². The van der Waals surface area contributed by atoms with Gasteiger partial charge in [0.05, 0.1) is 22.1 Å². The van der Waals surface area contributed by atoms with Crippen molar-refractivity contribution in [3.8, 4) is 0 Å². The Morgan fingerprint density at radius 1 is 1.61 bits per heavy atom. The first-order valence-corrected chi connectivity index (χ1v) is 6.32. The summed E-state index contributed by atoms with van der Waals surface area (Å²) in [5, 5.41) is 7.61. The molecule has 0 aromatic carbocycles. The second-order valence-electron chi connectivity index (χ2n) is 4.12. The van der Waals surface area contributed by atoms with E-state index >= 15 is 0 Å². The van der Waals surface area contributed by atoms with Crippen molar-refractivity contribution in [2.24, 2.45) is 5.92 Å². The van der Waals surface area contributed by atoms with Crippen LogP contribution in [0.2, 0.25) is 0 Å². The largest absolute Gasteiger partial charge is 0.397 e. The number of thiophene rings is 1. The number of Topliss-reactive ketones (excluding diaryl/α,β-unsaturated/α-hetero) is 1. The molecule has 96 valence electrons. The van der Waals surface area contributed by atoms with Crippen LogP contribution in [-0.2, 0) is 6.54 Å². The zero-order valence-electron chi connectivity index (χ0n) is 10.1. The molecule has 0 aliphatic heterocycles. The average Bonchev–Trinajstić information content (AvgIpc) is 2.94. The minimum atomic E-state index is -0.0593. The quantitative estimate of drug-likeness (QED) is 0.805. The molecule has 0 radical (unpaired) electrons. The van der Waals surface area contributed by atoms with Gasteiger partial charge in [0.15, 0.2) is 11.6 Å². The van der Waals surface area contributed by atoms with Crippen LogP contribution in [0.1, 0.15) is 29.3 Å². The molecular formula is C11H14N4O2S. The van der Waals surface area contributed by atoms with Crippen molar-refractivity contribution < 1.29 is 9.32 Å². The fraction of sp³-hybridized carbons (Fsp3) is 0.364. The molecule has 0 unspecified atom stereocenters. The second kappa shape index (κ2) is 5.18. The number of nitrogen functional groups attached to an aromatic ring is 1. The van der Waals surface area contributed by atoms with Crippen molar-refractivity contribution in [2.75, 3.05) is 11.1 Å². The van der Waals surface area contributed by atoms with E-state index in [9.17, 15) is 4.79 Å². The van der Waals surface area contributed by atoms with Crippen LogP contribution in [0.15, 0.2) is 17.0 Å². The first-order chi connectivity index (χ1) is 8.58. The van der Waals surface area contributed by atoms with Crippen LogP contribution in [0, 0.1) is 5.92 Å². The summed E-state index contributed by atoms with van der Waals surface area (Å²) < 4.78 is 4.63. The highest BCUT2D eigenvalue weighted by Gasteiger charge is 2.17. The molecule has 0 aliphatic rings. The van der Waals surface area contributed by atoms with E-state index in [2.05, 4.69) is 20.0 Å². The average molecular weight is 266 g/mol. The Morgan fingerprint density at radius 2 is 2.39 bits per heavy atom. The second-order valence-corrected chi connectivity index (χ2v) is 5.17. The van der Waals surface area contributed by atoms with Crippen LogP contribution in [0.25, 0.3) is 0 Å². The Bertz CT molecular complexity index is 533. The van der Waals surface area contributed by atoms with Gasteiger partial charge < -0.3 is 15.6 Å². The lowest BCUT2D eigenvalue weighted by molar-refractivity contribution is 0.0944.